The topological polar surface area (TPSA) is 9.23 Å². The summed E-state index contributed by atoms with van der Waals surface area (Å²) >= 11 is 0. The molecule has 3 aromatic carbocycles. The van der Waals surface area contributed by atoms with Gasteiger partial charge < -0.3 is 4.74 Å². The van der Waals surface area contributed by atoms with E-state index < -0.39 is 6.36 Å². The Morgan fingerprint density at radius 2 is 1.62 bits per heavy atom. The molecule has 0 radical (unpaired) electrons. The van der Waals surface area contributed by atoms with E-state index in [4.69, 9.17) is 0 Å². The summed E-state index contributed by atoms with van der Waals surface area (Å²) in [6, 6.07) is 21.6. The molecule has 1 nitrogen and oxygen atoms in total. The molecular formula is C35H41F3O. The standard InChI is InChI=1S/C35H41F3O/c1-9-34(7,8)27(6)30-12-10-11-28(22-30)16-15-24(3)33(26(5)29-17-13-23(2)14-18-29)32-20-19-31(21-25(32)4)39-35(36,37)38/h10-14,17-22,27H,5,9,15-16H2,1-4,6-8H3/b33-24-. The SMILES string of the molecule is C=C(/C(=C(\C)CCc1cccc(C(C)C(C)(C)CC)c1)c1ccc(OC(F)(F)F)cc1C)c1ccc(C)cc1. The van der Waals surface area contributed by atoms with Crippen molar-refractivity contribution in [2.45, 2.75) is 80.0 Å². The van der Waals surface area contributed by atoms with Gasteiger partial charge in [0.05, 0.1) is 0 Å². The average Bonchev–Trinajstić information content (AvgIpc) is 2.88. The molecule has 3 rings (SSSR count). The van der Waals surface area contributed by atoms with Crippen LogP contribution in [0.25, 0.3) is 11.1 Å². The Labute approximate surface area is 232 Å². The zero-order chi connectivity index (χ0) is 29.0. The molecule has 39 heavy (non-hydrogen) atoms. The van der Waals surface area contributed by atoms with Crippen LogP contribution in [0, 0.1) is 19.3 Å². The molecule has 0 N–H and O–H groups in total. The lowest BCUT2D eigenvalue weighted by atomic mass is 9.74. The van der Waals surface area contributed by atoms with E-state index >= 15 is 0 Å². The fraction of sp³-hybridized carbons (Fsp3) is 0.371. The van der Waals surface area contributed by atoms with Crippen LogP contribution in [0.4, 0.5) is 13.2 Å². The van der Waals surface area contributed by atoms with Gasteiger partial charge in [0.1, 0.15) is 5.75 Å². The first-order chi connectivity index (χ1) is 18.2. The maximum Gasteiger partial charge on any atom is 0.573 e. The molecule has 0 bridgehead atoms. The van der Waals surface area contributed by atoms with Crippen molar-refractivity contribution >= 4 is 11.1 Å². The lowest BCUT2D eigenvalue weighted by Gasteiger charge is -2.31. The maximum absolute atomic E-state index is 12.8. The molecule has 1 unspecified atom stereocenters. The van der Waals surface area contributed by atoms with Crippen molar-refractivity contribution in [1.29, 1.82) is 0 Å². The van der Waals surface area contributed by atoms with E-state index in [1.54, 1.807) is 6.07 Å². The lowest BCUT2D eigenvalue weighted by molar-refractivity contribution is -0.274. The molecule has 0 aromatic heterocycles. The third kappa shape index (κ3) is 7.88. The molecule has 0 spiro atoms. The van der Waals surface area contributed by atoms with Crippen LogP contribution in [0.2, 0.25) is 0 Å². The summed E-state index contributed by atoms with van der Waals surface area (Å²) in [5.74, 6) is 0.221. The van der Waals surface area contributed by atoms with Gasteiger partial charge in [-0.25, -0.2) is 0 Å². The molecule has 0 fully saturated rings. The Kier molecular flexibility index (Phi) is 9.53. The first-order valence-corrected chi connectivity index (χ1v) is 13.6. The van der Waals surface area contributed by atoms with Gasteiger partial charge in [-0.2, -0.15) is 0 Å². The quantitative estimate of drug-likeness (QED) is 0.235. The number of rotatable bonds is 10. The van der Waals surface area contributed by atoms with Crippen molar-refractivity contribution in [3.8, 4) is 5.75 Å². The normalized spacial score (nSPS) is 13.6. The van der Waals surface area contributed by atoms with Crippen LogP contribution in [0.5, 0.6) is 5.75 Å². The molecule has 0 aliphatic rings. The number of allylic oxidation sites excluding steroid dienone is 3. The van der Waals surface area contributed by atoms with E-state index in [1.807, 2.05) is 38.1 Å². The van der Waals surface area contributed by atoms with Crippen LogP contribution >= 0.6 is 0 Å². The van der Waals surface area contributed by atoms with Crippen LogP contribution in [0.1, 0.15) is 86.8 Å². The molecule has 0 saturated carbocycles. The second-order valence-corrected chi connectivity index (χ2v) is 11.3. The molecule has 0 aliphatic carbocycles. The van der Waals surface area contributed by atoms with Gasteiger partial charge in [0, 0.05) is 0 Å². The van der Waals surface area contributed by atoms with Crippen LogP contribution in [0.3, 0.4) is 0 Å². The van der Waals surface area contributed by atoms with Gasteiger partial charge in [-0.3, -0.25) is 0 Å². The first kappa shape index (κ1) is 30.3. The van der Waals surface area contributed by atoms with Crippen LogP contribution in [-0.2, 0) is 6.42 Å². The van der Waals surface area contributed by atoms with Crippen LogP contribution in [-0.4, -0.2) is 6.36 Å². The number of ether oxygens (including phenoxy) is 1. The van der Waals surface area contributed by atoms with E-state index in [2.05, 4.69) is 70.2 Å². The molecule has 3 aromatic rings. The van der Waals surface area contributed by atoms with E-state index in [0.717, 1.165) is 52.7 Å². The van der Waals surface area contributed by atoms with Gasteiger partial charge >= 0.3 is 6.36 Å². The fourth-order valence-electron chi connectivity index (χ4n) is 4.90. The first-order valence-electron chi connectivity index (χ1n) is 13.6. The molecule has 208 valence electrons. The van der Waals surface area contributed by atoms with Gasteiger partial charge in [0.25, 0.3) is 0 Å². The highest BCUT2D eigenvalue weighted by Crippen LogP contribution is 2.39. The van der Waals surface area contributed by atoms with Crippen molar-refractivity contribution in [3.63, 3.8) is 0 Å². The molecule has 4 heteroatoms. The monoisotopic (exact) mass is 534 g/mol. The minimum absolute atomic E-state index is 0.215. The summed E-state index contributed by atoms with van der Waals surface area (Å²) in [4.78, 5) is 0. The van der Waals surface area contributed by atoms with Crippen molar-refractivity contribution in [2.75, 3.05) is 0 Å². The zero-order valence-electron chi connectivity index (χ0n) is 24.3. The van der Waals surface area contributed by atoms with Gasteiger partial charge in [0.15, 0.2) is 0 Å². The summed E-state index contributed by atoms with van der Waals surface area (Å²) < 4.78 is 42.6. The Morgan fingerprint density at radius 1 is 0.949 bits per heavy atom. The molecule has 0 saturated heterocycles. The fourth-order valence-corrected chi connectivity index (χ4v) is 4.90. The molecule has 0 heterocycles. The van der Waals surface area contributed by atoms with Gasteiger partial charge in [-0.15, -0.1) is 13.2 Å². The van der Waals surface area contributed by atoms with Gasteiger partial charge in [-0.05, 0) is 96.0 Å². The summed E-state index contributed by atoms with van der Waals surface area (Å²) in [5, 5.41) is 0. The Balaban J connectivity index is 1.98. The Bertz CT molecular complexity index is 1330. The molecule has 1 atom stereocenters. The summed E-state index contributed by atoms with van der Waals surface area (Å²) in [5.41, 5.74) is 9.50. The summed E-state index contributed by atoms with van der Waals surface area (Å²) in [7, 11) is 0. The second kappa shape index (κ2) is 12.3. The van der Waals surface area contributed by atoms with Crippen molar-refractivity contribution in [1.82, 2.24) is 0 Å². The highest BCUT2D eigenvalue weighted by Gasteiger charge is 2.31. The predicted molar refractivity (Wildman–Crippen MR) is 158 cm³/mol. The minimum Gasteiger partial charge on any atom is -0.406 e. The largest absolute Gasteiger partial charge is 0.573 e. The highest BCUT2D eigenvalue weighted by atomic mass is 19.4. The van der Waals surface area contributed by atoms with E-state index in [9.17, 15) is 13.2 Å². The number of aryl methyl sites for hydroxylation is 3. The van der Waals surface area contributed by atoms with Gasteiger partial charge in [-0.1, -0.05) is 106 Å². The number of benzene rings is 3. The van der Waals surface area contributed by atoms with E-state index in [1.165, 1.54) is 23.3 Å². The van der Waals surface area contributed by atoms with Crippen molar-refractivity contribution in [2.24, 2.45) is 5.41 Å². The molecule has 0 aliphatic heterocycles. The number of alkyl halides is 3. The van der Waals surface area contributed by atoms with Crippen LogP contribution < -0.4 is 4.74 Å². The highest BCUT2D eigenvalue weighted by molar-refractivity contribution is 6.05. The Morgan fingerprint density at radius 3 is 2.21 bits per heavy atom. The number of hydrogen-bond acceptors (Lipinski definition) is 1. The molecular weight excluding hydrogens is 493 g/mol. The number of halogens is 3. The van der Waals surface area contributed by atoms with E-state index in [0.29, 0.717) is 11.5 Å². The maximum atomic E-state index is 12.8. The van der Waals surface area contributed by atoms with Crippen molar-refractivity contribution in [3.05, 3.63) is 112 Å². The molecule has 0 amide bonds. The van der Waals surface area contributed by atoms with Gasteiger partial charge in [0.2, 0.25) is 0 Å². The summed E-state index contributed by atoms with van der Waals surface area (Å²) in [6.07, 6.45) is -1.96. The third-order valence-corrected chi connectivity index (χ3v) is 8.15. The predicted octanol–water partition coefficient (Wildman–Crippen LogP) is 10.9. The van der Waals surface area contributed by atoms with Crippen LogP contribution in [0.15, 0.2) is 78.9 Å². The smallest absolute Gasteiger partial charge is 0.406 e. The lowest BCUT2D eigenvalue weighted by Crippen LogP contribution is -2.18. The zero-order valence-corrected chi connectivity index (χ0v) is 24.3. The third-order valence-electron chi connectivity index (χ3n) is 8.15. The summed E-state index contributed by atoms with van der Waals surface area (Å²) in [6.45, 7) is 19.5. The van der Waals surface area contributed by atoms with E-state index in [-0.39, 0.29) is 11.2 Å². The van der Waals surface area contributed by atoms with Crippen molar-refractivity contribution < 1.29 is 17.9 Å². The Hall–Kier alpha value is -3.27. The minimum atomic E-state index is -4.73. The number of hydrogen-bond donors (Lipinski definition) is 0. The average molecular weight is 535 g/mol. The second-order valence-electron chi connectivity index (χ2n) is 11.3.